The van der Waals surface area contributed by atoms with E-state index in [1.165, 1.54) is 12.1 Å². The number of hydrogen-bond donors (Lipinski definition) is 1. The van der Waals surface area contributed by atoms with Crippen molar-refractivity contribution in [3.8, 4) is 0 Å². The van der Waals surface area contributed by atoms with E-state index in [-0.39, 0.29) is 23.6 Å². The van der Waals surface area contributed by atoms with Crippen molar-refractivity contribution in [3.63, 3.8) is 0 Å². The van der Waals surface area contributed by atoms with Crippen LogP contribution in [0.2, 0.25) is 0 Å². The van der Waals surface area contributed by atoms with E-state index in [1.54, 1.807) is 13.0 Å². The van der Waals surface area contributed by atoms with Gasteiger partial charge in [-0.05, 0) is 37.1 Å². The molecule has 0 fully saturated rings. The number of Topliss-reactive ketones (excluding diaryl/α,β-unsaturated/α-hetero) is 1. The third-order valence-corrected chi connectivity index (χ3v) is 2.78. The average Bonchev–Trinajstić information content (AvgIpc) is 2.62. The average molecular weight is 219 g/mol. The Hall–Kier alpha value is -1.48. The molecule has 16 heavy (non-hydrogen) atoms. The summed E-state index contributed by atoms with van der Waals surface area (Å²) in [6.07, 6.45) is 4.26. The van der Waals surface area contributed by atoms with Crippen LogP contribution in [0.5, 0.6) is 0 Å². The molecule has 0 aliphatic heterocycles. The van der Waals surface area contributed by atoms with Crippen molar-refractivity contribution >= 4 is 5.78 Å². The molecular formula is C13H14FNO. The summed E-state index contributed by atoms with van der Waals surface area (Å²) in [7, 11) is 0. The molecule has 3 heteroatoms. The Bertz CT molecular complexity index is 433. The zero-order valence-electron chi connectivity index (χ0n) is 9.11. The highest BCUT2D eigenvalue weighted by Gasteiger charge is 2.24. The second-order valence-corrected chi connectivity index (χ2v) is 4.27. The highest BCUT2D eigenvalue weighted by atomic mass is 19.1. The third-order valence-electron chi connectivity index (χ3n) is 2.78. The van der Waals surface area contributed by atoms with Crippen molar-refractivity contribution in [2.45, 2.75) is 19.4 Å². The van der Waals surface area contributed by atoms with E-state index < -0.39 is 0 Å². The molecule has 84 valence electrons. The first kappa shape index (κ1) is 11.0. The summed E-state index contributed by atoms with van der Waals surface area (Å²) in [4.78, 5) is 12.0. The van der Waals surface area contributed by atoms with Crippen molar-refractivity contribution in [1.82, 2.24) is 0 Å². The minimum Gasteiger partial charge on any atom is -0.324 e. The number of aryl methyl sites for hydroxylation is 1. The second-order valence-electron chi connectivity index (χ2n) is 4.27. The van der Waals surface area contributed by atoms with Crippen LogP contribution in [0.3, 0.4) is 0 Å². The van der Waals surface area contributed by atoms with E-state index in [0.29, 0.717) is 12.0 Å². The standard InChI is InChI=1S/C13H14FNO/c1-8-4-10(6-11(14)5-8)13(16)9-2-3-12(15)7-9/h2-6,9,12H,7,15H2,1H3. The molecule has 0 amide bonds. The predicted molar refractivity (Wildman–Crippen MR) is 60.7 cm³/mol. The molecule has 2 atom stereocenters. The van der Waals surface area contributed by atoms with Crippen molar-refractivity contribution in [3.05, 3.63) is 47.3 Å². The number of carbonyl (C=O) groups is 1. The Kier molecular flexibility index (Phi) is 2.88. The minimum atomic E-state index is -0.366. The predicted octanol–water partition coefficient (Wildman–Crippen LogP) is 2.22. The Morgan fingerprint density at radius 1 is 1.38 bits per heavy atom. The van der Waals surface area contributed by atoms with Crippen LogP contribution < -0.4 is 5.73 Å². The summed E-state index contributed by atoms with van der Waals surface area (Å²) in [5, 5.41) is 0. The highest BCUT2D eigenvalue weighted by molar-refractivity contribution is 5.99. The molecule has 2 N–H and O–H groups in total. The summed E-state index contributed by atoms with van der Waals surface area (Å²) in [5.41, 5.74) is 6.88. The number of hydrogen-bond acceptors (Lipinski definition) is 2. The topological polar surface area (TPSA) is 43.1 Å². The number of carbonyl (C=O) groups excluding carboxylic acids is 1. The number of halogens is 1. The van der Waals surface area contributed by atoms with Gasteiger partial charge in [0.2, 0.25) is 0 Å². The van der Waals surface area contributed by atoms with Crippen LogP contribution in [0.4, 0.5) is 4.39 Å². The van der Waals surface area contributed by atoms with Crippen molar-refractivity contribution in [2.75, 3.05) is 0 Å². The fourth-order valence-electron chi connectivity index (χ4n) is 2.01. The molecule has 1 aromatic rings. The van der Waals surface area contributed by atoms with E-state index in [1.807, 2.05) is 12.2 Å². The van der Waals surface area contributed by atoms with Crippen LogP contribution in [-0.2, 0) is 0 Å². The van der Waals surface area contributed by atoms with Crippen LogP contribution in [0.15, 0.2) is 30.4 Å². The summed E-state index contributed by atoms with van der Waals surface area (Å²) >= 11 is 0. The number of ketones is 1. The maximum Gasteiger partial charge on any atom is 0.169 e. The largest absolute Gasteiger partial charge is 0.324 e. The van der Waals surface area contributed by atoms with Crippen molar-refractivity contribution < 1.29 is 9.18 Å². The molecule has 0 bridgehead atoms. The van der Waals surface area contributed by atoms with Gasteiger partial charge in [-0.15, -0.1) is 0 Å². The Morgan fingerprint density at radius 2 is 2.12 bits per heavy atom. The van der Waals surface area contributed by atoms with Crippen molar-refractivity contribution in [1.29, 1.82) is 0 Å². The van der Waals surface area contributed by atoms with E-state index in [2.05, 4.69) is 0 Å². The third kappa shape index (κ3) is 2.19. The maximum absolute atomic E-state index is 13.2. The maximum atomic E-state index is 13.2. The second kappa shape index (κ2) is 4.18. The van der Waals surface area contributed by atoms with Crippen LogP contribution in [-0.4, -0.2) is 11.8 Å². The van der Waals surface area contributed by atoms with Gasteiger partial charge in [0.1, 0.15) is 5.82 Å². The molecular weight excluding hydrogens is 205 g/mol. The molecule has 0 aromatic heterocycles. The van der Waals surface area contributed by atoms with E-state index in [0.717, 1.165) is 5.56 Å². The Labute approximate surface area is 94.0 Å². The first-order valence-electron chi connectivity index (χ1n) is 5.31. The van der Waals surface area contributed by atoms with Gasteiger partial charge in [-0.2, -0.15) is 0 Å². The van der Waals surface area contributed by atoms with Crippen LogP contribution >= 0.6 is 0 Å². The lowest BCUT2D eigenvalue weighted by molar-refractivity contribution is 0.0942. The molecule has 1 aromatic carbocycles. The smallest absolute Gasteiger partial charge is 0.169 e. The highest BCUT2D eigenvalue weighted by Crippen LogP contribution is 2.22. The van der Waals surface area contributed by atoms with Gasteiger partial charge in [-0.1, -0.05) is 12.2 Å². The zero-order chi connectivity index (χ0) is 11.7. The van der Waals surface area contributed by atoms with E-state index in [9.17, 15) is 9.18 Å². The summed E-state index contributed by atoms with van der Waals surface area (Å²) < 4.78 is 13.2. The molecule has 0 spiro atoms. The van der Waals surface area contributed by atoms with Gasteiger partial charge in [0.15, 0.2) is 5.78 Å². The van der Waals surface area contributed by atoms with Crippen LogP contribution in [0.25, 0.3) is 0 Å². The lowest BCUT2D eigenvalue weighted by atomic mass is 9.95. The molecule has 0 saturated heterocycles. The zero-order valence-corrected chi connectivity index (χ0v) is 9.11. The quantitative estimate of drug-likeness (QED) is 0.612. The molecule has 0 radical (unpaired) electrons. The van der Waals surface area contributed by atoms with Gasteiger partial charge in [0, 0.05) is 17.5 Å². The molecule has 2 nitrogen and oxygen atoms in total. The first-order chi connectivity index (χ1) is 7.56. The number of rotatable bonds is 2. The van der Waals surface area contributed by atoms with Crippen molar-refractivity contribution in [2.24, 2.45) is 11.7 Å². The van der Waals surface area contributed by atoms with Gasteiger partial charge in [0.25, 0.3) is 0 Å². The summed E-state index contributed by atoms with van der Waals surface area (Å²) in [6.45, 7) is 1.77. The van der Waals surface area contributed by atoms with Gasteiger partial charge in [-0.3, -0.25) is 4.79 Å². The lowest BCUT2D eigenvalue weighted by Gasteiger charge is -2.09. The first-order valence-corrected chi connectivity index (χ1v) is 5.31. The van der Waals surface area contributed by atoms with Crippen LogP contribution in [0, 0.1) is 18.7 Å². The molecule has 1 aliphatic carbocycles. The van der Waals surface area contributed by atoms with Gasteiger partial charge in [-0.25, -0.2) is 4.39 Å². The minimum absolute atomic E-state index is 0.0493. The molecule has 2 rings (SSSR count). The number of benzene rings is 1. The van der Waals surface area contributed by atoms with Gasteiger partial charge in [0.05, 0.1) is 0 Å². The Morgan fingerprint density at radius 3 is 2.69 bits per heavy atom. The molecule has 2 unspecified atom stereocenters. The van der Waals surface area contributed by atoms with E-state index >= 15 is 0 Å². The number of nitrogens with two attached hydrogens (primary N) is 1. The fourth-order valence-corrected chi connectivity index (χ4v) is 2.01. The van der Waals surface area contributed by atoms with Crippen LogP contribution in [0.1, 0.15) is 22.3 Å². The summed E-state index contributed by atoms with van der Waals surface area (Å²) in [6, 6.07) is 4.35. The molecule has 0 saturated carbocycles. The number of allylic oxidation sites excluding steroid dienone is 1. The fraction of sp³-hybridized carbons (Fsp3) is 0.308. The molecule has 1 aliphatic rings. The van der Waals surface area contributed by atoms with E-state index in [4.69, 9.17) is 5.73 Å². The summed E-state index contributed by atoms with van der Waals surface area (Å²) in [5.74, 6) is -0.613. The van der Waals surface area contributed by atoms with Gasteiger partial charge < -0.3 is 5.73 Å². The molecule has 0 heterocycles. The normalized spacial score (nSPS) is 23.7. The SMILES string of the molecule is Cc1cc(F)cc(C(=O)C2C=CC(N)C2)c1. The Balaban J connectivity index is 2.24. The lowest BCUT2D eigenvalue weighted by Crippen LogP contribution is -2.19. The van der Waals surface area contributed by atoms with Gasteiger partial charge >= 0.3 is 0 Å². The monoisotopic (exact) mass is 219 g/mol.